The minimum Gasteiger partial charge on any atom is -0.391 e. The molecular formula is C13H26N2O4S. The van der Waals surface area contributed by atoms with E-state index in [4.69, 9.17) is 0 Å². The summed E-state index contributed by atoms with van der Waals surface area (Å²) in [5.74, 6) is -0.161. The molecule has 20 heavy (non-hydrogen) atoms. The van der Waals surface area contributed by atoms with Crippen LogP contribution in [0.4, 0.5) is 0 Å². The van der Waals surface area contributed by atoms with Gasteiger partial charge in [-0.05, 0) is 25.2 Å². The molecule has 1 rings (SSSR count). The number of amides is 1. The highest BCUT2D eigenvalue weighted by Gasteiger charge is 2.29. The lowest BCUT2D eigenvalue weighted by atomic mass is 9.92. The molecule has 0 aromatic carbocycles. The summed E-state index contributed by atoms with van der Waals surface area (Å²) in [4.78, 5) is 12.2. The minimum atomic E-state index is -3.44. The maximum Gasteiger partial charge on any atom is 0.238 e. The fourth-order valence-electron chi connectivity index (χ4n) is 2.50. The zero-order valence-electron chi connectivity index (χ0n) is 12.4. The molecule has 0 saturated heterocycles. The number of nitrogens with one attached hydrogen (secondary N) is 2. The molecule has 0 heterocycles. The van der Waals surface area contributed by atoms with E-state index in [9.17, 15) is 18.3 Å². The van der Waals surface area contributed by atoms with Gasteiger partial charge in [0, 0.05) is 0 Å². The molecule has 6 nitrogen and oxygen atoms in total. The molecule has 3 atom stereocenters. The van der Waals surface area contributed by atoms with E-state index in [0.29, 0.717) is 12.8 Å². The van der Waals surface area contributed by atoms with Crippen LogP contribution in [-0.2, 0) is 14.8 Å². The Hall–Kier alpha value is -0.660. The van der Waals surface area contributed by atoms with Crippen LogP contribution < -0.4 is 10.0 Å². The van der Waals surface area contributed by atoms with Gasteiger partial charge in [-0.1, -0.05) is 26.7 Å². The van der Waals surface area contributed by atoms with Crippen molar-refractivity contribution in [1.82, 2.24) is 10.0 Å². The van der Waals surface area contributed by atoms with Gasteiger partial charge in [0.2, 0.25) is 15.9 Å². The quantitative estimate of drug-likeness (QED) is 0.660. The monoisotopic (exact) mass is 306 g/mol. The summed E-state index contributed by atoms with van der Waals surface area (Å²) >= 11 is 0. The SMILES string of the molecule is CC(C)CC(NS(C)(=O)=O)C(=O)NC1CCCCC1O. The first-order valence-corrected chi connectivity index (χ1v) is 9.04. The molecule has 0 spiro atoms. The molecule has 1 saturated carbocycles. The zero-order chi connectivity index (χ0) is 15.3. The van der Waals surface area contributed by atoms with Crippen LogP contribution in [0.1, 0.15) is 46.0 Å². The average molecular weight is 306 g/mol. The molecule has 118 valence electrons. The van der Waals surface area contributed by atoms with Crippen molar-refractivity contribution >= 4 is 15.9 Å². The Morgan fingerprint density at radius 3 is 2.40 bits per heavy atom. The third kappa shape index (κ3) is 6.19. The minimum absolute atomic E-state index is 0.191. The maximum absolute atomic E-state index is 12.2. The van der Waals surface area contributed by atoms with E-state index in [1.54, 1.807) is 0 Å². The van der Waals surface area contributed by atoms with Crippen molar-refractivity contribution < 1.29 is 18.3 Å². The van der Waals surface area contributed by atoms with Crippen LogP contribution in [-0.4, -0.2) is 43.9 Å². The largest absolute Gasteiger partial charge is 0.391 e. The first kappa shape index (κ1) is 17.4. The van der Waals surface area contributed by atoms with Gasteiger partial charge < -0.3 is 10.4 Å². The Labute approximate surface area is 121 Å². The van der Waals surface area contributed by atoms with E-state index >= 15 is 0 Å². The molecule has 0 aromatic heterocycles. The normalized spacial score (nSPS) is 25.4. The maximum atomic E-state index is 12.2. The lowest BCUT2D eigenvalue weighted by Crippen LogP contribution is -2.53. The van der Waals surface area contributed by atoms with Crippen molar-refractivity contribution in [2.24, 2.45) is 5.92 Å². The van der Waals surface area contributed by atoms with Crippen molar-refractivity contribution in [3.05, 3.63) is 0 Å². The van der Waals surface area contributed by atoms with Crippen LogP contribution in [0.15, 0.2) is 0 Å². The number of aliphatic hydroxyl groups excluding tert-OH is 1. The van der Waals surface area contributed by atoms with Crippen molar-refractivity contribution in [3.8, 4) is 0 Å². The number of carbonyl (C=O) groups excluding carboxylic acids is 1. The summed E-state index contributed by atoms with van der Waals surface area (Å²) in [6.45, 7) is 3.86. The van der Waals surface area contributed by atoms with Gasteiger partial charge in [0.25, 0.3) is 0 Å². The average Bonchev–Trinajstić information content (AvgIpc) is 2.28. The number of carbonyl (C=O) groups is 1. The van der Waals surface area contributed by atoms with E-state index in [0.717, 1.165) is 25.5 Å². The molecule has 0 aliphatic heterocycles. The second kappa shape index (κ2) is 7.38. The standard InChI is InChI=1S/C13H26N2O4S/c1-9(2)8-11(15-20(3,18)19)13(17)14-10-6-4-5-7-12(10)16/h9-12,15-16H,4-8H2,1-3H3,(H,14,17). The van der Waals surface area contributed by atoms with Crippen molar-refractivity contribution in [2.75, 3.05) is 6.26 Å². The molecule has 0 radical (unpaired) electrons. The van der Waals surface area contributed by atoms with Gasteiger partial charge in [-0.25, -0.2) is 13.1 Å². The Morgan fingerprint density at radius 2 is 1.90 bits per heavy atom. The summed E-state index contributed by atoms with van der Waals surface area (Å²) in [5.41, 5.74) is 0. The van der Waals surface area contributed by atoms with Crippen molar-refractivity contribution in [3.63, 3.8) is 0 Å². The lowest BCUT2D eigenvalue weighted by molar-refractivity contribution is -0.125. The highest BCUT2D eigenvalue weighted by molar-refractivity contribution is 7.88. The molecule has 3 N–H and O–H groups in total. The van der Waals surface area contributed by atoms with Gasteiger partial charge in [-0.15, -0.1) is 0 Å². The van der Waals surface area contributed by atoms with Crippen LogP contribution in [0.2, 0.25) is 0 Å². The van der Waals surface area contributed by atoms with Gasteiger partial charge in [0.05, 0.1) is 18.4 Å². The fourth-order valence-corrected chi connectivity index (χ4v) is 3.22. The molecular weight excluding hydrogens is 280 g/mol. The van der Waals surface area contributed by atoms with Crippen molar-refractivity contribution in [1.29, 1.82) is 0 Å². The molecule has 1 aliphatic rings. The van der Waals surface area contributed by atoms with Crippen LogP contribution >= 0.6 is 0 Å². The summed E-state index contributed by atoms with van der Waals surface area (Å²) in [6, 6.07) is -1.05. The Kier molecular flexibility index (Phi) is 6.42. The third-order valence-electron chi connectivity index (χ3n) is 3.44. The second-order valence-electron chi connectivity index (χ2n) is 6.04. The number of rotatable bonds is 6. The highest BCUT2D eigenvalue weighted by atomic mass is 32.2. The van der Waals surface area contributed by atoms with Crippen LogP contribution in [0.3, 0.4) is 0 Å². The molecule has 3 unspecified atom stereocenters. The van der Waals surface area contributed by atoms with Gasteiger partial charge in [-0.2, -0.15) is 0 Å². The van der Waals surface area contributed by atoms with E-state index in [1.165, 1.54) is 0 Å². The van der Waals surface area contributed by atoms with E-state index < -0.39 is 22.2 Å². The van der Waals surface area contributed by atoms with Crippen LogP contribution in [0.25, 0.3) is 0 Å². The first-order valence-electron chi connectivity index (χ1n) is 7.15. The topological polar surface area (TPSA) is 95.5 Å². The molecule has 1 aliphatic carbocycles. The molecule has 1 fully saturated rings. The van der Waals surface area contributed by atoms with E-state index in [-0.39, 0.29) is 17.9 Å². The third-order valence-corrected chi connectivity index (χ3v) is 4.15. The van der Waals surface area contributed by atoms with Crippen molar-refractivity contribution in [2.45, 2.75) is 64.1 Å². The molecule has 1 amide bonds. The predicted molar refractivity (Wildman–Crippen MR) is 77.6 cm³/mol. The summed E-state index contributed by atoms with van der Waals surface area (Å²) in [6.07, 6.45) is 4.29. The molecule has 0 aromatic rings. The smallest absolute Gasteiger partial charge is 0.238 e. The second-order valence-corrected chi connectivity index (χ2v) is 7.82. The fraction of sp³-hybridized carbons (Fsp3) is 0.923. The zero-order valence-corrected chi connectivity index (χ0v) is 13.2. The lowest BCUT2D eigenvalue weighted by Gasteiger charge is -2.30. The molecule has 0 bridgehead atoms. The Balaban J connectivity index is 2.66. The number of aliphatic hydroxyl groups is 1. The van der Waals surface area contributed by atoms with E-state index in [2.05, 4.69) is 10.0 Å². The van der Waals surface area contributed by atoms with Gasteiger partial charge in [-0.3, -0.25) is 4.79 Å². The number of hydrogen-bond acceptors (Lipinski definition) is 4. The Morgan fingerprint density at radius 1 is 1.30 bits per heavy atom. The summed E-state index contributed by atoms with van der Waals surface area (Å²) < 4.78 is 25.1. The van der Waals surface area contributed by atoms with Gasteiger partial charge >= 0.3 is 0 Å². The highest BCUT2D eigenvalue weighted by Crippen LogP contribution is 2.18. The van der Waals surface area contributed by atoms with Gasteiger partial charge in [0.1, 0.15) is 6.04 Å². The summed E-state index contributed by atoms with van der Waals surface area (Å²) in [7, 11) is -3.44. The number of hydrogen-bond donors (Lipinski definition) is 3. The first-order chi connectivity index (χ1) is 9.19. The predicted octanol–water partition coefficient (Wildman–Crippen LogP) is 0.370. The van der Waals surface area contributed by atoms with Gasteiger partial charge in [0.15, 0.2) is 0 Å². The van der Waals surface area contributed by atoms with Crippen LogP contribution in [0, 0.1) is 5.92 Å². The Bertz CT molecular complexity index is 422. The summed E-state index contributed by atoms with van der Waals surface area (Å²) in [5, 5.41) is 12.6. The van der Waals surface area contributed by atoms with E-state index in [1.807, 2.05) is 13.8 Å². The van der Waals surface area contributed by atoms with Crippen LogP contribution in [0.5, 0.6) is 0 Å². The number of sulfonamides is 1. The molecule has 7 heteroatoms.